The molecule has 8 heteroatoms. The van der Waals surface area contributed by atoms with Crippen molar-refractivity contribution in [2.75, 3.05) is 11.5 Å². The summed E-state index contributed by atoms with van der Waals surface area (Å²) in [4.78, 5) is 31.6. The van der Waals surface area contributed by atoms with Crippen molar-refractivity contribution in [2.45, 2.75) is 43.4 Å². The van der Waals surface area contributed by atoms with Gasteiger partial charge in [0.15, 0.2) is 5.60 Å². The third kappa shape index (κ3) is 2.07. The summed E-state index contributed by atoms with van der Waals surface area (Å²) in [5.41, 5.74) is 10.1. The quantitative estimate of drug-likeness (QED) is 0.359. The number of carbonyl (C=O) groups excluding carboxylic acids is 1. The number of aryl methyl sites for hydroxylation is 1. The fraction of sp³-hybridized carbons (Fsp3) is 0.318. The monoisotopic (exact) mass is 421 g/mol. The van der Waals surface area contributed by atoms with E-state index in [1.54, 1.807) is 29.3 Å². The van der Waals surface area contributed by atoms with Crippen LogP contribution in [0.4, 0.5) is 5.69 Å². The number of aromatic nitrogens is 2. The number of hydrogen-bond acceptors (Lipinski definition) is 7. The predicted molar refractivity (Wildman–Crippen MR) is 113 cm³/mol. The Balaban J connectivity index is 1.68. The minimum atomic E-state index is -1.81. The number of pyridine rings is 2. The van der Waals surface area contributed by atoms with Crippen LogP contribution in [0.25, 0.3) is 22.3 Å². The Hall–Kier alpha value is -2.84. The molecule has 3 aromatic rings. The van der Waals surface area contributed by atoms with E-state index in [-0.39, 0.29) is 18.6 Å². The van der Waals surface area contributed by atoms with Crippen LogP contribution in [-0.2, 0) is 34.7 Å². The molecule has 152 valence electrons. The van der Waals surface area contributed by atoms with E-state index in [4.69, 9.17) is 15.5 Å². The van der Waals surface area contributed by atoms with Gasteiger partial charge in [-0.1, -0.05) is 6.92 Å². The summed E-state index contributed by atoms with van der Waals surface area (Å²) in [6, 6.07) is 5.55. The normalized spacial score (nSPS) is 21.2. The molecule has 0 saturated carbocycles. The van der Waals surface area contributed by atoms with Crippen LogP contribution in [0.15, 0.2) is 27.9 Å². The molecular weight excluding hydrogens is 402 g/mol. The minimum absolute atomic E-state index is 0.120. The largest absolute Gasteiger partial charge is 0.458 e. The Bertz CT molecular complexity index is 1360. The van der Waals surface area contributed by atoms with Gasteiger partial charge >= 0.3 is 5.97 Å². The molecule has 5 heterocycles. The lowest BCUT2D eigenvalue weighted by Gasteiger charge is -2.31. The third-order valence-corrected chi connectivity index (χ3v) is 7.69. The van der Waals surface area contributed by atoms with Gasteiger partial charge in [0.05, 0.1) is 29.0 Å². The summed E-state index contributed by atoms with van der Waals surface area (Å²) in [6.45, 7) is 2.01. The highest BCUT2D eigenvalue weighted by atomic mass is 32.2. The maximum atomic E-state index is 13.3. The van der Waals surface area contributed by atoms with Crippen LogP contribution in [0.3, 0.4) is 0 Å². The molecule has 0 aliphatic carbocycles. The SMILES string of the molecule is CC[C@@]1(O)C(=O)OCc2c1cc1n(c2=O)Cc2c-1nc1ccc(N)c3c1c2CCS3. The standard InChI is InChI=1S/C22H19N3O4S/c1-2-22(28)13-7-16-18-11(8-25(16)20(26)12(13)9-29-21(22)27)10-5-6-30-19-14(23)3-4-15(24-18)17(10)19/h3-4,7,28H,2,5-6,8-9,23H2,1H3/t22-/m0/s1. The topological polar surface area (TPSA) is 107 Å². The zero-order chi connectivity index (χ0) is 20.8. The Labute approximate surface area is 175 Å². The number of nitrogen functional groups attached to an aromatic ring is 1. The van der Waals surface area contributed by atoms with E-state index >= 15 is 0 Å². The van der Waals surface area contributed by atoms with Crippen LogP contribution < -0.4 is 11.3 Å². The van der Waals surface area contributed by atoms with Gasteiger partial charge in [0, 0.05) is 32.8 Å². The van der Waals surface area contributed by atoms with Crippen LogP contribution >= 0.6 is 11.8 Å². The first kappa shape index (κ1) is 18.0. The number of esters is 1. The van der Waals surface area contributed by atoms with Crippen molar-refractivity contribution in [3.05, 3.63) is 50.8 Å². The van der Waals surface area contributed by atoms with Crippen molar-refractivity contribution in [1.82, 2.24) is 9.55 Å². The molecule has 0 unspecified atom stereocenters. The van der Waals surface area contributed by atoms with Gasteiger partial charge in [-0.25, -0.2) is 9.78 Å². The molecule has 6 rings (SSSR count). The van der Waals surface area contributed by atoms with E-state index in [2.05, 4.69) is 0 Å². The molecule has 2 aromatic heterocycles. The number of hydrogen-bond donors (Lipinski definition) is 2. The van der Waals surface area contributed by atoms with Gasteiger partial charge in [-0.15, -0.1) is 11.8 Å². The van der Waals surface area contributed by atoms with Crippen molar-refractivity contribution in [3.8, 4) is 11.4 Å². The number of fused-ring (bicyclic) bond motifs is 5. The summed E-state index contributed by atoms with van der Waals surface area (Å²) in [7, 11) is 0. The van der Waals surface area contributed by atoms with Crippen molar-refractivity contribution in [3.63, 3.8) is 0 Å². The molecule has 0 radical (unpaired) electrons. The number of cyclic esters (lactones) is 1. The number of anilines is 1. The Morgan fingerprint density at radius 1 is 1.30 bits per heavy atom. The maximum absolute atomic E-state index is 13.3. The van der Waals surface area contributed by atoms with Crippen LogP contribution in [0.5, 0.6) is 0 Å². The molecule has 3 aliphatic heterocycles. The number of ether oxygens (including phenoxy) is 1. The lowest BCUT2D eigenvalue weighted by molar-refractivity contribution is -0.172. The summed E-state index contributed by atoms with van der Waals surface area (Å²) in [5, 5.41) is 12.1. The van der Waals surface area contributed by atoms with E-state index in [9.17, 15) is 14.7 Å². The molecule has 3 aliphatic rings. The zero-order valence-corrected chi connectivity index (χ0v) is 17.1. The van der Waals surface area contributed by atoms with Crippen molar-refractivity contribution in [1.29, 1.82) is 0 Å². The molecule has 7 nitrogen and oxygen atoms in total. The highest BCUT2D eigenvalue weighted by Gasteiger charge is 2.45. The zero-order valence-electron chi connectivity index (χ0n) is 16.3. The van der Waals surface area contributed by atoms with Gasteiger partial charge in [0.2, 0.25) is 0 Å². The first-order valence-corrected chi connectivity index (χ1v) is 11.0. The van der Waals surface area contributed by atoms with Crippen molar-refractivity contribution >= 4 is 34.3 Å². The number of benzene rings is 1. The number of rotatable bonds is 1. The van der Waals surface area contributed by atoms with Gasteiger partial charge < -0.3 is 20.1 Å². The van der Waals surface area contributed by atoms with Crippen LogP contribution in [0.1, 0.15) is 35.6 Å². The molecule has 1 aromatic carbocycles. The molecule has 1 atom stereocenters. The van der Waals surface area contributed by atoms with Crippen LogP contribution in [0, 0.1) is 0 Å². The van der Waals surface area contributed by atoms with Gasteiger partial charge in [-0.3, -0.25) is 4.79 Å². The fourth-order valence-electron chi connectivity index (χ4n) is 4.93. The van der Waals surface area contributed by atoms with Gasteiger partial charge in [-0.2, -0.15) is 0 Å². The molecule has 30 heavy (non-hydrogen) atoms. The van der Waals surface area contributed by atoms with Gasteiger partial charge in [0.25, 0.3) is 5.56 Å². The summed E-state index contributed by atoms with van der Waals surface area (Å²) in [6.07, 6.45) is 1.01. The fourth-order valence-corrected chi connectivity index (χ4v) is 6.05. The first-order chi connectivity index (χ1) is 14.4. The third-order valence-electron chi connectivity index (χ3n) is 6.55. The van der Waals surface area contributed by atoms with Crippen LogP contribution in [-0.4, -0.2) is 26.4 Å². The number of nitrogens with zero attached hydrogens (tertiary/aromatic N) is 2. The highest BCUT2D eigenvalue weighted by molar-refractivity contribution is 7.99. The average Bonchev–Trinajstić information content (AvgIpc) is 3.13. The Kier molecular flexibility index (Phi) is 3.51. The van der Waals surface area contributed by atoms with E-state index < -0.39 is 11.6 Å². The Morgan fingerprint density at radius 2 is 2.13 bits per heavy atom. The summed E-state index contributed by atoms with van der Waals surface area (Å²) in [5.74, 6) is 0.214. The summed E-state index contributed by atoms with van der Waals surface area (Å²) < 4.78 is 6.83. The highest BCUT2D eigenvalue weighted by Crippen LogP contribution is 2.45. The number of aliphatic hydroxyl groups is 1. The molecular formula is C22H19N3O4S. The summed E-state index contributed by atoms with van der Waals surface area (Å²) >= 11 is 1.74. The van der Waals surface area contributed by atoms with Crippen molar-refractivity contribution < 1.29 is 14.6 Å². The number of thioether (sulfide) groups is 1. The molecule has 0 bridgehead atoms. The van der Waals surface area contributed by atoms with E-state index in [0.29, 0.717) is 23.4 Å². The average molecular weight is 421 g/mol. The van der Waals surface area contributed by atoms with E-state index in [1.165, 1.54) is 5.56 Å². The second-order valence-corrected chi connectivity index (χ2v) is 9.10. The molecule has 0 amide bonds. The maximum Gasteiger partial charge on any atom is 0.343 e. The van der Waals surface area contributed by atoms with Gasteiger partial charge in [0.1, 0.15) is 6.61 Å². The lowest BCUT2D eigenvalue weighted by atomic mass is 9.86. The predicted octanol–water partition coefficient (Wildman–Crippen LogP) is 2.31. The molecule has 3 N–H and O–H groups in total. The molecule has 0 fully saturated rings. The lowest BCUT2D eigenvalue weighted by Crippen LogP contribution is -2.44. The second kappa shape index (κ2) is 5.86. The van der Waals surface area contributed by atoms with E-state index in [1.807, 2.05) is 12.1 Å². The number of carbonyl (C=O) groups is 1. The van der Waals surface area contributed by atoms with Crippen molar-refractivity contribution in [2.24, 2.45) is 0 Å². The van der Waals surface area contributed by atoms with E-state index in [0.717, 1.165) is 44.9 Å². The van der Waals surface area contributed by atoms with Crippen LogP contribution in [0.2, 0.25) is 0 Å². The minimum Gasteiger partial charge on any atom is -0.458 e. The molecule has 0 saturated heterocycles. The number of nitrogens with two attached hydrogens (primary N) is 1. The van der Waals surface area contributed by atoms with Gasteiger partial charge in [-0.05, 0) is 36.6 Å². The molecule has 0 spiro atoms. The first-order valence-electron chi connectivity index (χ1n) is 9.98. The second-order valence-electron chi connectivity index (χ2n) is 8.00. The Morgan fingerprint density at radius 3 is 2.93 bits per heavy atom. The smallest absolute Gasteiger partial charge is 0.343 e.